The van der Waals surface area contributed by atoms with Gasteiger partial charge in [-0.25, -0.2) is 0 Å². The first kappa shape index (κ1) is 26.5. The van der Waals surface area contributed by atoms with E-state index in [1.165, 1.54) is 6.07 Å². The minimum Gasteiger partial charge on any atom is -0.496 e. The molecule has 0 atom stereocenters. The van der Waals surface area contributed by atoms with E-state index in [0.717, 1.165) is 11.1 Å². The Morgan fingerprint density at radius 1 is 0.871 bits per heavy atom. The largest absolute Gasteiger partial charge is 0.496 e. The van der Waals surface area contributed by atoms with Gasteiger partial charge in [-0.1, -0.05) is 17.7 Å². The predicted molar refractivity (Wildman–Crippen MR) is 126 cm³/mol. The van der Waals surface area contributed by atoms with E-state index in [1.807, 2.05) is 13.0 Å². The maximum absolute atomic E-state index is 12.7. The molecule has 0 radical (unpaired) electrons. The van der Waals surface area contributed by atoms with Gasteiger partial charge in [-0.15, -0.1) is 24.0 Å². The summed E-state index contributed by atoms with van der Waals surface area (Å²) in [6, 6.07) is 8.59. The van der Waals surface area contributed by atoms with Crippen molar-refractivity contribution in [1.29, 1.82) is 0 Å². The number of halogens is 3. The lowest BCUT2D eigenvalue weighted by Crippen LogP contribution is -2.36. The Morgan fingerprint density at radius 3 is 1.94 bits per heavy atom. The second-order valence-electron chi connectivity index (χ2n) is 6.29. The second-order valence-corrected chi connectivity index (χ2v) is 6.29. The first-order valence-electron chi connectivity index (χ1n) is 9.19. The molecule has 7 nitrogen and oxygen atoms in total. The quantitative estimate of drug-likeness (QED) is 0.278. The van der Waals surface area contributed by atoms with E-state index in [2.05, 4.69) is 20.4 Å². The summed E-state index contributed by atoms with van der Waals surface area (Å²) in [6.07, 6.45) is 0. The highest BCUT2D eigenvalue weighted by molar-refractivity contribution is 14.0. The highest BCUT2D eigenvalue weighted by Crippen LogP contribution is 2.34. The Labute approximate surface area is 198 Å². The monoisotopic (exact) mass is 551 g/mol. The third kappa shape index (κ3) is 7.60. The molecule has 0 fully saturated rings. The summed E-state index contributed by atoms with van der Waals surface area (Å²) in [5.74, 6) is 2.37. The van der Waals surface area contributed by atoms with Crippen molar-refractivity contribution in [2.75, 3.05) is 28.4 Å². The molecular weight excluding hydrogens is 523 g/mol. The van der Waals surface area contributed by atoms with E-state index in [0.29, 0.717) is 35.3 Å². The van der Waals surface area contributed by atoms with Crippen molar-refractivity contribution in [1.82, 2.24) is 10.6 Å². The number of benzene rings is 2. The van der Waals surface area contributed by atoms with Crippen molar-refractivity contribution in [3.8, 4) is 23.0 Å². The molecule has 10 heteroatoms. The minimum atomic E-state index is -2.89. The van der Waals surface area contributed by atoms with Crippen molar-refractivity contribution in [2.24, 2.45) is 4.99 Å². The van der Waals surface area contributed by atoms with Crippen molar-refractivity contribution in [2.45, 2.75) is 26.6 Å². The van der Waals surface area contributed by atoms with Crippen molar-refractivity contribution in [3.63, 3.8) is 0 Å². The lowest BCUT2D eigenvalue weighted by molar-refractivity contribution is -0.0504. The topological polar surface area (TPSA) is 73.3 Å². The number of hydrogen-bond acceptors (Lipinski definition) is 5. The minimum absolute atomic E-state index is 0. The van der Waals surface area contributed by atoms with Gasteiger partial charge in [0.25, 0.3) is 0 Å². The Morgan fingerprint density at radius 2 is 1.42 bits per heavy atom. The fourth-order valence-corrected chi connectivity index (χ4v) is 2.87. The lowest BCUT2D eigenvalue weighted by Gasteiger charge is -2.17. The SMILES string of the molecule is CN=C(NCc1cc(OC)c(OC)cc1OC)NCc1cc(C)ccc1OC(F)F.I. The van der Waals surface area contributed by atoms with Gasteiger partial charge in [0, 0.05) is 37.3 Å². The van der Waals surface area contributed by atoms with Crippen molar-refractivity contribution >= 4 is 29.9 Å². The predicted octanol–water partition coefficient (Wildman–Crippen LogP) is 4.11. The molecule has 2 rings (SSSR count). The first-order chi connectivity index (χ1) is 14.4. The molecular formula is C21H28F2IN3O4. The number of aryl methyl sites for hydroxylation is 1. The highest BCUT2D eigenvalue weighted by atomic mass is 127. The van der Waals surface area contributed by atoms with E-state index in [4.69, 9.17) is 14.2 Å². The number of guanidine groups is 1. The van der Waals surface area contributed by atoms with Crippen LogP contribution in [-0.4, -0.2) is 40.9 Å². The van der Waals surface area contributed by atoms with Crippen LogP contribution in [0.2, 0.25) is 0 Å². The molecule has 0 aliphatic heterocycles. The molecule has 0 amide bonds. The fraction of sp³-hybridized carbons (Fsp3) is 0.381. The van der Waals surface area contributed by atoms with Crippen LogP contribution >= 0.6 is 24.0 Å². The zero-order valence-corrected chi connectivity index (χ0v) is 20.5. The van der Waals surface area contributed by atoms with E-state index in [9.17, 15) is 8.78 Å². The van der Waals surface area contributed by atoms with Gasteiger partial charge in [-0.2, -0.15) is 8.78 Å². The molecule has 0 spiro atoms. The van der Waals surface area contributed by atoms with Crippen molar-refractivity contribution < 1.29 is 27.7 Å². The molecule has 2 aromatic rings. The molecule has 0 heterocycles. The summed E-state index contributed by atoms with van der Waals surface area (Å²) in [5, 5.41) is 6.27. The van der Waals surface area contributed by atoms with Crippen LogP contribution in [0.1, 0.15) is 16.7 Å². The maximum atomic E-state index is 12.7. The van der Waals surface area contributed by atoms with Crippen LogP contribution in [0.5, 0.6) is 23.0 Å². The average molecular weight is 551 g/mol. The van der Waals surface area contributed by atoms with Crippen LogP contribution in [0.25, 0.3) is 0 Å². The molecule has 2 aromatic carbocycles. The number of rotatable bonds is 9. The smallest absolute Gasteiger partial charge is 0.387 e. The van der Waals surface area contributed by atoms with E-state index in [-0.39, 0.29) is 36.3 Å². The summed E-state index contributed by atoms with van der Waals surface area (Å²) < 4.78 is 46.0. The number of hydrogen-bond donors (Lipinski definition) is 2. The molecule has 172 valence electrons. The summed E-state index contributed by atoms with van der Waals surface area (Å²) >= 11 is 0. The number of nitrogens with zero attached hydrogens (tertiary/aromatic N) is 1. The summed E-state index contributed by atoms with van der Waals surface area (Å²) in [7, 11) is 6.30. The van der Waals surface area contributed by atoms with E-state index in [1.54, 1.807) is 46.6 Å². The van der Waals surface area contributed by atoms with Crippen molar-refractivity contribution in [3.05, 3.63) is 47.0 Å². The fourth-order valence-electron chi connectivity index (χ4n) is 2.87. The normalized spacial score (nSPS) is 10.9. The Bertz CT molecular complexity index is 882. The summed E-state index contributed by atoms with van der Waals surface area (Å²) in [5.41, 5.74) is 2.36. The zero-order valence-electron chi connectivity index (χ0n) is 18.1. The van der Waals surface area contributed by atoms with Gasteiger partial charge in [0.15, 0.2) is 17.5 Å². The standard InChI is InChI=1S/C21H27F2N3O4.HI/c1-13-6-7-16(30-20(22)23)14(8-13)11-25-21(24-2)26-12-15-9-18(28-4)19(29-5)10-17(15)27-3;/h6-10,20H,11-12H2,1-5H3,(H2,24,25,26);1H. The zero-order chi connectivity index (χ0) is 22.1. The number of nitrogens with one attached hydrogen (secondary N) is 2. The van der Waals surface area contributed by atoms with E-state index >= 15 is 0 Å². The van der Waals surface area contributed by atoms with Gasteiger partial charge in [0.1, 0.15) is 11.5 Å². The van der Waals surface area contributed by atoms with Crippen LogP contribution in [0.4, 0.5) is 8.78 Å². The number of alkyl halides is 2. The molecule has 0 aliphatic rings. The van der Waals surface area contributed by atoms with Gasteiger partial charge < -0.3 is 29.6 Å². The molecule has 0 bridgehead atoms. The van der Waals surface area contributed by atoms with Crippen LogP contribution in [0.15, 0.2) is 35.3 Å². The third-order valence-electron chi connectivity index (χ3n) is 4.33. The molecule has 0 saturated carbocycles. The third-order valence-corrected chi connectivity index (χ3v) is 4.33. The van der Waals surface area contributed by atoms with Crippen LogP contribution in [-0.2, 0) is 13.1 Å². The van der Waals surface area contributed by atoms with Gasteiger partial charge in [-0.05, 0) is 19.1 Å². The van der Waals surface area contributed by atoms with Crippen LogP contribution in [0, 0.1) is 6.92 Å². The van der Waals surface area contributed by atoms with Crippen LogP contribution in [0.3, 0.4) is 0 Å². The van der Waals surface area contributed by atoms with Gasteiger partial charge in [0.2, 0.25) is 0 Å². The number of ether oxygens (including phenoxy) is 4. The van der Waals surface area contributed by atoms with Crippen LogP contribution < -0.4 is 29.6 Å². The Kier molecular flexibility index (Phi) is 11.2. The summed E-state index contributed by atoms with van der Waals surface area (Å²) in [4.78, 5) is 4.17. The first-order valence-corrected chi connectivity index (χ1v) is 9.19. The second kappa shape index (κ2) is 13.0. The molecule has 0 aliphatic carbocycles. The molecule has 0 unspecified atom stereocenters. The average Bonchev–Trinajstić information content (AvgIpc) is 2.74. The molecule has 2 N–H and O–H groups in total. The maximum Gasteiger partial charge on any atom is 0.387 e. The molecule has 0 saturated heterocycles. The number of aliphatic imine (C=N–C) groups is 1. The lowest BCUT2D eigenvalue weighted by atomic mass is 10.1. The highest BCUT2D eigenvalue weighted by Gasteiger charge is 2.13. The number of methoxy groups -OCH3 is 3. The Balaban J connectivity index is 0.00000480. The molecule has 0 aromatic heterocycles. The van der Waals surface area contributed by atoms with Gasteiger partial charge in [-0.3, -0.25) is 4.99 Å². The van der Waals surface area contributed by atoms with Gasteiger partial charge in [0.05, 0.1) is 21.3 Å². The van der Waals surface area contributed by atoms with Gasteiger partial charge >= 0.3 is 6.61 Å². The molecule has 31 heavy (non-hydrogen) atoms. The summed E-state index contributed by atoms with van der Waals surface area (Å²) in [6.45, 7) is -0.364. The van der Waals surface area contributed by atoms with E-state index < -0.39 is 6.61 Å². The Hall–Kier alpha value is -2.50.